The highest BCUT2D eigenvalue weighted by Crippen LogP contribution is 2.36. The zero-order valence-electron chi connectivity index (χ0n) is 16.6. The Morgan fingerprint density at radius 3 is 1.97 bits per heavy atom. The van der Waals surface area contributed by atoms with Crippen molar-refractivity contribution in [3.05, 3.63) is 91.0 Å². The summed E-state index contributed by atoms with van der Waals surface area (Å²) in [6.45, 7) is 2.46. The van der Waals surface area contributed by atoms with Gasteiger partial charge in [0.25, 0.3) is 0 Å². The molecule has 5 heteroatoms. The minimum Gasteiger partial charge on any atom is -0.477 e. The molecule has 2 aromatic heterocycles. The Morgan fingerprint density at radius 1 is 0.733 bits per heavy atom. The number of hydrogen-bond acceptors (Lipinski definition) is 4. The van der Waals surface area contributed by atoms with Crippen molar-refractivity contribution in [2.75, 3.05) is 6.61 Å². The number of fused-ring (bicyclic) bond motifs is 1. The van der Waals surface area contributed by atoms with Crippen molar-refractivity contribution >= 4 is 11.0 Å². The maximum absolute atomic E-state index is 5.99. The van der Waals surface area contributed by atoms with Crippen molar-refractivity contribution in [2.45, 2.75) is 6.92 Å². The van der Waals surface area contributed by atoms with E-state index in [0.29, 0.717) is 18.3 Å². The molecule has 5 aromatic rings. The Kier molecular flexibility index (Phi) is 4.69. The number of benzene rings is 3. The molecular weight excluding hydrogens is 372 g/mol. The van der Waals surface area contributed by atoms with Crippen LogP contribution in [0, 0.1) is 0 Å². The topological polar surface area (TPSA) is 52.8 Å². The summed E-state index contributed by atoms with van der Waals surface area (Å²) >= 11 is 0. The SMILES string of the molecule is CCOc1nc(-c2ccccc2)nc2c1c(-c1ccccc1)nn2-c1ccccc1. The highest BCUT2D eigenvalue weighted by molar-refractivity contribution is 5.96. The van der Waals surface area contributed by atoms with Gasteiger partial charge in [0.15, 0.2) is 11.5 Å². The van der Waals surface area contributed by atoms with Gasteiger partial charge >= 0.3 is 0 Å². The van der Waals surface area contributed by atoms with Gasteiger partial charge < -0.3 is 4.74 Å². The number of rotatable bonds is 5. The van der Waals surface area contributed by atoms with Crippen molar-refractivity contribution in [1.82, 2.24) is 19.7 Å². The fraction of sp³-hybridized carbons (Fsp3) is 0.0800. The minimum atomic E-state index is 0.505. The summed E-state index contributed by atoms with van der Waals surface area (Å²) in [5.41, 5.74) is 4.39. The fourth-order valence-corrected chi connectivity index (χ4v) is 3.49. The van der Waals surface area contributed by atoms with Crippen molar-refractivity contribution in [1.29, 1.82) is 0 Å². The van der Waals surface area contributed by atoms with Crippen molar-refractivity contribution in [3.8, 4) is 34.2 Å². The van der Waals surface area contributed by atoms with Crippen LogP contribution in [-0.2, 0) is 0 Å². The molecule has 0 aliphatic carbocycles. The standard InChI is InChI=1S/C25H20N4O/c1-2-30-25-21-22(18-12-6-3-7-13-18)28-29(20-16-10-5-11-17-20)24(21)26-23(27-25)19-14-8-4-9-15-19/h3-17H,2H2,1H3. The van der Waals surface area contributed by atoms with E-state index >= 15 is 0 Å². The summed E-state index contributed by atoms with van der Waals surface area (Å²) in [5, 5.41) is 5.75. The van der Waals surface area contributed by atoms with Crippen LogP contribution < -0.4 is 4.74 Å². The Bertz CT molecular complexity index is 1280. The van der Waals surface area contributed by atoms with Crippen LogP contribution in [0.4, 0.5) is 0 Å². The monoisotopic (exact) mass is 392 g/mol. The lowest BCUT2D eigenvalue weighted by atomic mass is 10.1. The van der Waals surface area contributed by atoms with Crippen molar-refractivity contribution in [3.63, 3.8) is 0 Å². The molecule has 0 atom stereocenters. The Hall–Kier alpha value is -3.99. The summed E-state index contributed by atoms with van der Waals surface area (Å²) in [4.78, 5) is 9.69. The molecule has 0 aliphatic heterocycles. The number of ether oxygens (including phenoxy) is 1. The second-order valence-electron chi connectivity index (χ2n) is 6.81. The van der Waals surface area contributed by atoms with Gasteiger partial charge in [0.2, 0.25) is 5.88 Å². The normalized spacial score (nSPS) is 11.0. The number of para-hydroxylation sites is 1. The van der Waals surface area contributed by atoms with Gasteiger partial charge in [-0.1, -0.05) is 78.9 Å². The van der Waals surface area contributed by atoms with Crippen LogP contribution in [0.15, 0.2) is 91.0 Å². The van der Waals surface area contributed by atoms with E-state index in [4.69, 9.17) is 19.8 Å². The number of nitrogens with zero attached hydrogens (tertiary/aromatic N) is 4. The third kappa shape index (κ3) is 3.20. The first-order chi connectivity index (χ1) is 14.8. The van der Waals surface area contributed by atoms with Crippen LogP contribution >= 0.6 is 0 Å². The average molecular weight is 392 g/mol. The summed E-state index contributed by atoms with van der Waals surface area (Å²) in [5.74, 6) is 1.16. The first kappa shape index (κ1) is 18.1. The van der Waals surface area contributed by atoms with E-state index < -0.39 is 0 Å². The molecule has 5 rings (SSSR count). The first-order valence-corrected chi connectivity index (χ1v) is 9.95. The van der Waals surface area contributed by atoms with E-state index in [0.717, 1.165) is 33.5 Å². The maximum atomic E-state index is 5.99. The largest absolute Gasteiger partial charge is 0.477 e. The van der Waals surface area contributed by atoms with Gasteiger partial charge in [0, 0.05) is 11.1 Å². The van der Waals surface area contributed by atoms with Crippen LogP contribution in [0.5, 0.6) is 5.88 Å². The average Bonchev–Trinajstić information content (AvgIpc) is 3.21. The predicted molar refractivity (Wildman–Crippen MR) is 119 cm³/mol. The zero-order valence-corrected chi connectivity index (χ0v) is 16.6. The lowest BCUT2D eigenvalue weighted by Crippen LogP contribution is -2.02. The molecule has 0 aliphatic rings. The zero-order chi connectivity index (χ0) is 20.3. The van der Waals surface area contributed by atoms with E-state index in [2.05, 4.69) is 0 Å². The van der Waals surface area contributed by atoms with Gasteiger partial charge in [0.05, 0.1) is 12.3 Å². The Labute approximate surface area is 174 Å². The Morgan fingerprint density at radius 2 is 1.33 bits per heavy atom. The van der Waals surface area contributed by atoms with Crippen molar-refractivity contribution < 1.29 is 4.74 Å². The van der Waals surface area contributed by atoms with Crippen LogP contribution in [0.2, 0.25) is 0 Å². The quantitative estimate of drug-likeness (QED) is 0.394. The van der Waals surface area contributed by atoms with Gasteiger partial charge in [-0.05, 0) is 19.1 Å². The lowest BCUT2D eigenvalue weighted by Gasteiger charge is -2.09. The van der Waals surface area contributed by atoms with Crippen LogP contribution in [0.1, 0.15) is 6.92 Å². The van der Waals surface area contributed by atoms with Gasteiger partial charge in [-0.3, -0.25) is 0 Å². The molecule has 0 saturated heterocycles. The van der Waals surface area contributed by atoms with Crippen LogP contribution in [0.3, 0.4) is 0 Å². The van der Waals surface area contributed by atoms with E-state index in [-0.39, 0.29) is 0 Å². The number of aromatic nitrogens is 4. The lowest BCUT2D eigenvalue weighted by molar-refractivity contribution is 0.331. The van der Waals surface area contributed by atoms with Gasteiger partial charge in [-0.15, -0.1) is 0 Å². The summed E-state index contributed by atoms with van der Waals surface area (Å²) in [6, 6.07) is 30.0. The predicted octanol–water partition coefficient (Wildman–Crippen LogP) is 5.55. The second kappa shape index (κ2) is 7.79. The number of hydrogen-bond donors (Lipinski definition) is 0. The van der Waals surface area contributed by atoms with E-state index in [9.17, 15) is 0 Å². The highest BCUT2D eigenvalue weighted by Gasteiger charge is 2.22. The van der Waals surface area contributed by atoms with E-state index in [1.807, 2.05) is 103 Å². The van der Waals surface area contributed by atoms with Gasteiger partial charge in [-0.25, -0.2) is 9.67 Å². The molecule has 3 aromatic carbocycles. The minimum absolute atomic E-state index is 0.505. The second-order valence-corrected chi connectivity index (χ2v) is 6.81. The van der Waals surface area contributed by atoms with Crippen molar-refractivity contribution in [2.24, 2.45) is 0 Å². The molecule has 0 saturated carbocycles. The molecule has 2 heterocycles. The maximum Gasteiger partial charge on any atom is 0.229 e. The van der Waals surface area contributed by atoms with Gasteiger partial charge in [-0.2, -0.15) is 10.1 Å². The highest BCUT2D eigenvalue weighted by atomic mass is 16.5. The third-order valence-corrected chi connectivity index (χ3v) is 4.86. The smallest absolute Gasteiger partial charge is 0.229 e. The van der Waals surface area contributed by atoms with Crippen LogP contribution in [0.25, 0.3) is 39.4 Å². The molecule has 0 amide bonds. The van der Waals surface area contributed by atoms with Gasteiger partial charge in [0.1, 0.15) is 11.1 Å². The Balaban J connectivity index is 1.86. The first-order valence-electron chi connectivity index (χ1n) is 9.95. The molecule has 0 unspecified atom stereocenters. The molecule has 0 N–H and O–H groups in total. The molecule has 0 spiro atoms. The summed E-state index contributed by atoms with van der Waals surface area (Å²) in [7, 11) is 0. The molecule has 0 radical (unpaired) electrons. The van der Waals surface area contributed by atoms with E-state index in [1.165, 1.54) is 0 Å². The molecule has 30 heavy (non-hydrogen) atoms. The molecule has 146 valence electrons. The molecule has 0 bridgehead atoms. The third-order valence-electron chi connectivity index (χ3n) is 4.86. The van der Waals surface area contributed by atoms with Crippen LogP contribution in [-0.4, -0.2) is 26.4 Å². The van der Waals surface area contributed by atoms with E-state index in [1.54, 1.807) is 0 Å². The molecule has 0 fully saturated rings. The molecule has 5 nitrogen and oxygen atoms in total. The molecular formula is C25H20N4O. The summed E-state index contributed by atoms with van der Waals surface area (Å²) in [6.07, 6.45) is 0. The summed E-state index contributed by atoms with van der Waals surface area (Å²) < 4.78 is 7.86. The fourth-order valence-electron chi connectivity index (χ4n) is 3.49.